The van der Waals surface area contributed by atoms with Crippen LogP contribution >= 0.6 is 0 Å². The molecule has 1 saturated heterocycles. The Morgan fingerprint density at radius 2 is 1.62 bits per heavy atom. The number of benzene rings is 1. The summed E-state index contributed by atoms with van der Waals surface area (Å²) in [6.45, 7) is 13.8. The summed E-state index contributed by atoms with van der Waals surface area (Å²) in [6.07, 6.45) is 3.37. The van der Waals surface area contributed by atoms with Crippen LogP contribution < -0.4 is 4.72 Å². The fraction of sp³-hybridized carbons (Fsp3) is 0.684. The summed E-state index contributed by atoms with van der Waals surface area (Å²) in [5, 5.41) is 0. The van der Waals surface area contributed by atoms with Crippen LogP contribution in [-0.4, -0.2) is 39.5 Å². The van der Waals surface area contributed by atoms with Gasteiger partial charge in [-0.15, -0.1) is 0 Å². The SMILES string of the molecule is Cc1cc(C)c(C)c(S(=O)(=O)NCCCN2CCC(C)CC2)c1C. The maximum Gasteiger partial charge on any atom is 0.241 e. The number of likely N-dealkylation sites (tertiary alicyclic amines) is 1. The first-order valence-electron chi connectivity index (χ1n) is 9.02. The van der Waals surface area contributed by atoms with Crippen LogP contribution in [0, 0.1) is 33.6 Å². The van der Waals surface area contributed by atoms with Crippen LogP contribution in [0.25, 0.3) is 0 Å². The molecule has 1 aliphatic rings. The largest absolute Gasteiger partial charge is 0.303 e. The van der Waals surface area contributed by atoms with E-state index >= 15 is 0 Å². The monoisotopic (exact) mass is 352 g/mol. The second-order valence-corrected chi connectivity index (χ2v) is 9.07. The predicted molar refractivity (Wildman–Crippen MR) is 100 cm³/mol. The smallest absolute Gasteiger partial charge is 0.241 e. The standard InChI is InChI=1S/C19H32N2O2S/c1-14-7-11-21(12-8-14)10-6-9-20-24(22,23)19-17(4)15(2)13-16(3)18(19)5/h13-14,20H,6-12H2,1-5H3. The third-order valence-corrected chi connectivity index (χ3v) is 7.12. The zero-order chi connectivity index (χ0) is 17.9. The quantitative estimate of drug-likeness (QED) is 0.799. The number of aryl methyl sites for hydroxylation is 2. The van der Waals surface area contributed by atoms with E-state index in [1.54, 1.807) is 0 Å². The molecule has 1 aromatic rings. The van der Waals surface area contributed by atoms with Gasteiger partial charge in [-0.25, -0.2) is 13.1 Å². The first kappa shape index (κ1) is 19.4. The Balaban J connectivity index is 1.95. The molecule has 2 rings (SSSR count). The number of rotatable bonds is 6. The highest BCUT2D eigenvalue weighted by atomic mass is 32.2. The third-order valence-electron chi connectivity index (χ3n) is 5.39. The normalized spacial score (nSPS) is 17.4. The van der Waals surface area contributed by atoms with Crippen molar-refractivity contribution in [3.8, 4) is 0 Å². The highest BCUT2D eigenvalue weighted by Crippen LogP contribution is 2.25. The molecule has 0 atom stereocenters. The van der Waals surface area contributed by atoms with Gasteiger partial charge < -0.3 is 4.90 Å². The van der Waals surface area contributed by atoms with Crippen molar-refractivity contribution in [2.75, 3.05) is 26.2 Å². The van der Waals surface area contributed by atoms with Gasteiger partial charge in [-0.1, -0.05) is 13.0 Å². The van der Waals surface area contributed by atoms with Gasteiger partial charge in [-0.2, -0.15) is 0 Å². The van der Waals surface area contributed by atoms with E-state index in [1.807, 2.05) is 27.7 Å². The summed E-state index contributed by atoms with van der Waals surface area (Å²) in [5.74, 6) is 0.829. The third kappa shape index (κ3) is 4.58. The summed E-state index contributed by atoms with van der Waals surface area (Å²) >= 11 is 0. The minimum absolute atomic E-state index is 0.465. The van der Waals surface area contributed by atoms with Gasteiger partial charge in [0.25, 0.3) is 0 Å². The zero-order valence-electron chi connectivity index (χ0n) is 15.8. The number of piperidine rings is 1. The maximum absolute atomic E-state index is 12.7. The van der Waals surface area contributed by atoms with E-state index in [1.165, 1.54) is 12.8 Å². The van der Waals surface area contributed by atoms with E-state index in [0.717, 1.165) is 54.2 Å². The molecule has 0 unspecified atom stereocenters. The second kappa shape index (κ2) is 7.98. The average molecular weight is 353 g/mol. The van der Waals surface area contributed by atoms with E-state index < -0.39 is 10.0 Å². The first-order chi connectivity index (χ1) is 11.2. The van der Waals surface area contributed by atoms with Crippen LogP contribution in [0.2, 0.25) is 0 Å². The number of nitrogens with one attached hydrogen (secondary N) is 1. The number of hydrogen-bond acceptors (Lipinski definition) is 3. The molecule has 1 aromatic carbocycles. The molecule has 0 radical (unpaired) electrons. The van der Waals surface area contributed by atoms with Gasteiger partial charge in [-0.3, -0.25) is 0 Å². The minimum atomic E-state index is -3.45. The number of sulfonamides is 1. The highest BCUT2D eigenvalue weighted by molar-refractivity contribution is 7.89. The van der Waals surface area contributed by atoms with Crippen LogP contribution in [0.4, 0.5) is 0 Å². The molecular weight excluding hydrogens is 320 g/mol. The Hall–Kier alpha value is -0.910. The Kier molecular flexibility index (Phi) is 6.46. The van der Waals surface area contributed by atoms with Crippen molar-refractivity contribution in [1.82, 2.24) is 9.62 Å². The number of hydrogen-bond donors (Lipinski definition) is 1. The molecule has 0 aliphatic carbocycles. The van der Waals surface area contributed by atoms with Crippen molar-refractivity contribution in [3.05, 3.63) is 28.3 Å². The molecule has 24 heavy (non-hydrogen) atoms. The molecular formula is C19H32N2O2S. The Labute approximate surface area is 147 Å². The minimum Gasteiger partial charge on any atom is -0.303 e. The Bertz CT molecular complexity index is 649. The van der Waals surface area contributed by atoms with Crippen molar-refractivity contribution in [2.24, 2.45) is 5.92 Å². The fourth-order valence-corrected chi connectivity index (χ4v) is 5.14. The highest BCUT2D eigenvalue weighted by Gasteiger charge is 2.22. The van der Waals surface area contributed by atoms with Crippen LogP contribution in [0.15, 0.2) is 11.0 Å². The lowest BCUT2D eigenvalue weighted by atomic mass is 9.99. The van der Waals surface area contributed by atoms with Crippen molar-refractivity contribution in [2.45, 2.75) is 58.8 Å². The van der Waals surface area contributed by atoms with Crippen LogP contribution in [0.5, 0.6) is 0 Å². The molecule has 1 N–H and O–H groups in total. The maximum atomic E-state index is 12.7. The van der Waals surface area contributed by atoms with Gasteiger partial charge in [0.2, 0.25) is 10.0 Å². The topological polar surface area (TPSA) is 49.4 Å². The van der Waals surface area contributed by atoms with Gasteiger partial charge in [0.1, 0.15) is 0 Å². The summed E-state index contributed by atoms with van der Waals surface area (Å²) in [7, 11) is -3.45. The zero-order valence-corrected chi connectivity index (χ0v) is 16.6. The summed E-state index contributed by atoms with van der Waals surface area (Å²) in [6, 6.07) is 2.06. The molecule has 5 heteroatoms. The molecule has 1 heterocycles. The van der Waals surface area contributed by atoms with Crippen LogP contribution in [0.1, 0.15) is 48.4 Å². The van der Waals surface area contributed by atoms with E-state index in [4.69, 9.17) is 0 Å². The molecule has 1 aliphatic heterocycles. The molecule has 0 amide bonds. The van der Waals surface area contributed by atoms with Gasteiger partial charge in [-0.05, 0) is 94.8 Å². The van der Waals surface area contributed by atoms with E-state index in [2.05, 4.69) is 22.6 Å². The van der Waals surface area contributed by atoms with Crippen molar-refractivity contribution >= 4 is 10.0 Å². The second-order valence-electron chi connectivity index (χ2n) is 7.36. The van der Waals surface area contributed by atoms with E-state index in [9.17, 15) is 8.42 Å². The van der Waals surface area contributed by atoms with Gasteiger partial charge in [0.05, 0.1) is 4.90 Å². The number of nitrogens with zero attached hydrogens (tertiary/aromatic N) is 1. The van der Waals surface area contributed by atoms with Crippen molar-refractivity contribution in [3.63, 3.8) is 0 Å². The Morgan fingerprint density at radius 1 is 1.08 bits per heavy atom. The lowest BCUT2D eigenvalue weighted by molar-refractivity contribution is 0.191. The summed E-state index contributed by atoms with van der Waals surface area (Å²) in [5.41, 5.74) is 3.77. The molecule has 0 aromatic heterocycles. The molecule has 0 bridgehead atoms. The molecule has 1 fully saturated rings. The van der Waals surface area contributed by atoms with Crippen LogP contribution in [-0.2, 0) is 10.0 Å². The molecule has 136 valence electrons. The summed E-state index contributed by atoms with van der Waals surface area (Å²) in [4.78, 5) is 2.91. The van der Waals surface area contributed by atoms with Crippen molar-refractivity contribution in [1.29, 1.82) is 0 Å². The van der Waals surface area contributed by atoms with Crippen molar-refractivity contribution < 1.29 is 8.42 Å². The van der Waals surface area contributed by atoms with Gasteiger partial charge >= 0.3 is 0 Å². The van der Waals surface area contributed by atoms with Gasteiger partial charge in [0.15, 0.2) is 0 Å². The van der Waals surface area contributed by atoms with Gasteiger partial charge in [0, 0.05) is 6.54 Å². The first-order valence-corrected chi connectivity index (χ1v) is 10.5. The summed E-state index contributed by atoms with van der Waals surface area (Å²) < 4.78 is 28.3. The molecule has 4 nitrogen and oxygen atoms in total. The predicted octanol–water partition coefficient (Wildman–Crippen LogP) is 3.32. The van der Waals surface area contributed by atoms with E-state index in [0.29, 0.717) is 11.4 Å². The van der Waals surface area contributed by atoms with Crippen LogP contribution in [0.3, 0.4) is 0 Å². The average Bonchev–Trinajstić information content (AvgIpc) is 2.51. The molecule has 0 spiro atoms. The van der Waals surface area contributed by atoms with E-state index in [-0.39, 0.29) is 0 Å². The lowest BCUT2D eigenvalue weighted by Crippen LogP contribution is -2.35. The lowest BCUT2D eigenvalue weighted by Gasteiger charge is -2.30. The Morgan fingerprint density at radius 3 is 2.17 bits per heavy atom. The molecule has 0 saturated carbocycles. The fourth-order valence-electron chi connectivity index (χ4n) is 3.45.